The molecule has 9 heteroatoms. The predicted molar refractivity (Wildman–Crippen MR) is 103 cm³/mol. The lowest BCUT2D eigenvalue weighted by molar-refractivity contribution is 0.0605. The molecule has 3 aromatic rings. The monoisotopic (exact) mass is 403 g/mol. The van der Waals surface area contributed by atoms with Gasteiger partial charge in [-0.25, -0.2) is 19.2 Å². The van der Waals surface area contributed by atoms with Gasteiger partial charge in [0.1, 0.15) is 39.5 Å². The van der Waals surface area contributed by atoms with E-state index < -0.39 is 11.8 Å². The number of carbonyl (C=O) groups is 1. The van der Waals surface area contributed by atoms with Gasteiger partial charge in [-0.1, -0.05) is 0 Å². The third-order valence-corrected chi connectivity index (χ3v) is 5.66. The summed E-state index contributed by atoms with van der Waals surface area (Å²) in [7, 11) is 1.34. The van der Waals surface area contributed by atoms with Crippen LogP contribution in [0.15, 0.2) is 24.5 Å². The Kier molecular flexibility index (Phi) is 5.10. The minimum absolute atomic E-state index is 0.124. The molecule has 0 bridgehead atoms. The minimum atomic E-state index is -0.418. The standard InChI is InChI=1S/C19H18FN3O4S/c1-10-15-17(21-9-22-18(15)28-16(10)19(24)25-2)23-13-4-3-11(20)7-14(13)27-12-5-6-26-8-12/h3-4,7,9,12H,5-6,8H2,1-2H3,(H,21,22,23)/t12-/m1/s1. The van der Waals surface area contributed by atoms with Crippen molar-refractivity contribution in [3.05, 3.63) is 40.8 Å². The van der Waals surface area contributed by atoms with Crippen LogP contribution in [-0.2, 0) is 9.47 Å². The second-order valence-corrected chi connectivity index (χ2v) is 7.32. The Bertz CT molecular complexity index is 1030. The highest BCUT2D eigenvalue weighted by atomic mass is 32.1. The number of esters is 1. The lowest BCUT2D eigenvalue weighted by atomic mass is 10.2. The number of hydrogen-bond acceptors (Lipinski definition) is 8. The number of benzene rings is 1. The normalized spacial score (nSPS) is 16.3. The molecular formula is C19H18FN3O4S. The van der Waals surface area contributed by atoms with Crippen LogP contribution in [0.2, 0.25) is 0 Å². The lowest BCUT2D eigenvalue weighted by Gasteiger charge is -2.17. The number of ether oxygens (including phenoxy) is 3. The van der Waals surface area contributed by atoms with Crippen LogP contribution in [0.1, 0.15) is 21.7 Å². The van der Waals surface area contributed by atoms with Crippen LogP contribution in [0.3, 0.4) is 0 Å². The number of hydrogen-bond donors (Lipinski definition) is 1. The maximum Gasteiger partial charge on any atom is 0.348 e. The fraction of sp³-hybridized carbons (Fsp3) is 0.316. The van der Waals surface area contributed by atoms with Crippen molar-refractivity contribution >= 4 is 39.0 Å². The van der Waals surface area contributed by atoms with Crippen molar-refractivity contribution in [3.8, 4) is 5.75 Å². The van der Waals surface area contributed by atoms with Crippen molar-refractivity contribution in [1.82, 2.24) is 9.97 Å². The van der Waals surface area contributed by atoms with E-state index in [4.69, 9.17) is 14.2 Å². The molecule has 3 heterocycles. The van der Waals surface area contributed by atoms with Gasteiger partial charge in [-0.2, -0.15) is 0 Å². The van der Waals surface area contributed by atoms with Crippen LogP contribution in [0, 0.1) is 12.7 Å². The Hall–Kier alpha value is -2.78. The molecular weight excluding hydrogens is 385 g/mol. The van der Waals surface area contributed by atoms with Crippen LogP contribution in [0.4, 0.5) is 15.9 Å². The number of carbonyl (C=O) groups excluding carboxylic acids is 1. The largest absolute Gasteiger partial charge is 0.486 e. The van der Waals surface area contributed by atoms with Crippen molar-refractivity contribution < 1.29 is 23.4 Å². The lowest BCUT2D eigenvalue weighted by Crippen LogP contribution is -2.16. The predicted octanol–water partition coefficient (Wildman–Crippen LogP) is 3.84. The second kappa shape index (κ2) is 7.69. The molecule has 0 radical (unpaired) electrons. The quantitative estimate of drug-likeness (QED) is 0.648. The first-order valence-electron chi connectivity index (χ1n) is 8.70. The van der Waals surface area contributed by atoms with Gasteiger partial charge < -0.3 is 19.5 Å². The highest BCUT2D eigenvalue weighted by Gasteiger charge is 2.22. The molecule has 1 saturated heterocycles. The summed E-state index contributed by atoms with van der Waals surface area (Å²) in [5, 5.41) is 3.91. The van der Waals surface area contributed by atoms with E-state index in [1.807, 2.05) is 6.92 Å². The fourth-order valence-corrected chi connectivity index (χ4v) is 4.13. The number of halogens is 1. The number of fused-ring (bicyclic) bond motifs is 1. The van der Waals surface area contributed by atoms with Crippen LogP contribution in [0.5, 0.6) is 5.75 Å². The van der Waals surface area contributed by atoms with Crippen LogP contribution < -0.4 is 10.1 Å². The minimum Gasteiger partial charge on any atom is -0.486 e. The summed E-state index contributed by atoms with van der Waals surface area (Å²) >= 11 is 1.24. The Morgan fingerprint density at radius 1 is 1.39 bits per heavy atom. The fourth-order valence-electron chi connectivity index (χ4n) is 3.06. The highest BCUT2D eigenvalue weighted by Crippen LogP contribution is 2.37. The first-order chi connectivity index (χ1) is 13.6. The molecule has 28 heavy (non-hydrogen) atoms. The summed E-state index contributed by atoms with van der Waals surface area (Å²) < 4.78 is 29.9. The molecule has 2 aromatic heterocycles. The van der Waals surface area contributed by atoms with E-state index in [-0.39, 0.29) is 6.10 Å². The molecule has 146 valence electrons. The van der Waals surface area contributed by atoms with Gasteiger partial charge in [-0.05, 0) is 24.6 Å². The molecule has 0 unspecified atom stereocenters. The Labute approximate surface area is 164 Å². The van der Waals surface area contributed by atoms with E-state index in [1.54, 1.807) is 6.07 Å². The first kappa shape index (κ1) is 18.6. The maximum atomic E-state index is 13.8. The maximum absolute atomic E-state index is 13.8. The summed E-state index contributed by atoms with van der Waals surface area (Å²) in [6.45, 7) is 2.91. The number of aryl methyl sites for hydroxylation is 1. The molecule has 0 spiro atoms. The van der Waals surface area contributed by atoms with Crippen molar-refractivity contribution in [3.63, 3.8) is 0 Å². The van der Waals surface area contributed by atoms with E-state index in [1.165, 1.54) is 36.9 Å². The van der Waals surface area contributed by atoms with Gasteiger partial charge in [-0.3, -0.25) is 0 Å². The Balaban J connectivity index is 1.72. The molecule has 7 nitrogen and oxygen atoms in total. The van der Waals surface area contributed by atoms with Gasteiger partial charge in [0.15, 0.2) is 0 Å². The first-order valence-corrected chi connectivity index (χ1v) is 9.52. The number of aromatic nitrogens is 2. The van der Waals surface area contributed by atoms with E-state index >= 15 is 0 Å². The zero-order chi connectivity index (χ0) is 19.7. The smallest absolute Gasteiger partial charge is 0.348 e. The van der Waals surface area contributed by atoms with Crippen molar-refractivity contribution in [2.75, 3.05) is 25.6 Å². The summed E-state index contributed by atoms with van der Waals surface area (Å²) in [4.78, 5) is 21.7. The second-order valence-electron chi connectivity index (χ2n) is 6.32. The van der Waals surface area contributed by atoms with Gasteiger partial charge in [0.2, 0.25) is 0 Å². The third kappa shape index (κ3) is 3.50. The van der Waals surface area contributed by atoms with Crippen molar-refractivity contribution in [1.29, 1.82) is 0 Å². The number of anilines is 2. The topological polar surface area (TPSA) is 82.6 Å². The summed E-state index contributed by atoms with van der Waals surface area (Å²) in [5.74, 6) is 0.0712. The molecule has 4 rings (SSSR count). The van der Waals surface area contributed by atoms with Gasteiger partial charge in [0.25, 0.3) is 0 Å². The number of thiophene rings is 1. The van der Waals surface area contributed by atoms with E-state index in [0.29, 0.717) is 45.6 Å². The molecule has 1 aromatic carbocycles. The van der Waals surface area contributed by atoms with E-state index in [9.17, 15) is 9.18 Å². The number of methoxy groups -OCH3 is 1. The molecule has 1 atom stereocenters. The average Bonchev–Trinajstić information content (AvgIpc) is 3.32. The van der Waals surface area contributed by atoms with Crippen molar-refractivity contribution in [2.24, 2.45) is 0 Å². The Morgan fingerprint density at radius 3 is 3.00 bits per heavy atom. The van der Waals surface area contributed by atoms with Gasteiger partial charge in [-0.15, -0.1) is 11.3 Å². The van der Waals surface area contributed by atoms with Gasteiger partial charge in [0, 0.05) is 12.5 Å². The van der Waals surface area contributed by atoms with E-state index in [2.05, 4.69) is 15.3 Å². The third-order valence-electron chi connectivity index (χ3n) is 4.48. The zero-order valence-electron chi connectivity index (χ0n) is 15.3. The molecule has 0 aliphatic carbocycles. The highest BCUT2D eigenvalue weighted by molar-refractivity contribution is 7.20. The number of rotatable bonds is 5. The summed E-state index contributed by atoms with van der Waals surface area (Å²) in [6, 6.07) is 4.27. The molecule has 1 aliphatic rings. The van der Waals surface area contributed by atoms with Crippen LogP contribution in [0.25, 0.3) is 10.2 Å². The molecule has 1 aliphatic heterocycles. The SMILES string of the molecule is COC(=O)c1sc2ncnc(Nc3ccc(F)cc3O[C@@H]3CCOC3)c2c1C. The summed E-state index contributed by atoms with van der Waals surface area (Å²) in [6.07, 6.45) is 2.04. The average molecular weight is 403 g/mol. The van der Waals surface area contributed by atoms with Crippen molar-refractivity contribution in [2.45, 2.75) is 19.4 Å². The molecule has 0 amide bonds. The number of nitrogens with one attached hydrogen (secondary N) is 1. The molecule has 1 N–H and O–H groups in total. The van der Waals surface area contributed by atoms with Crippen LogP contribution >= 0.6 is 11.3 Å². The van der Waals surface area contributed by atoms with Gasteiger partial charge in [0.05, 0.1) is 31.4 Å². The summed E-state index contributed by atoms with van der Waals surface area (Å²) in [5.41, 5.74) is 1.29. The molecule has 0 saturated carbocycles. The Morgan fingerprint density at radius 2 is 2.25 bits per heavy atom. The molecule has 1 fully saturated rings. The van der Waals surface area contributed by atoms with Gasteiger partial charge >= 0.3 is 5.97 Å². The van der Waals surface area contributed by atoms with E-state index in [0.717, 1.165) is 12.0 Å². The van der Waals surface area contributed by atoms with Crippen LogP contribution in [-0.4, -0.2) is 42.4 Å². The number of nitrogens with zero attached hydrogens (tertiary/aromatic N) is 2. The zero-order valence-corrected chi connectivity index (χ0v) is 16.1.